The van der Waals surface area contributed by atoms with Gasteiger partial charge < -0.3 is 9.47 Å². The molecular weight excluding hydrogens is 520 g/mol. The smallest absolute Gasteiger partial charge is 0.330 e. The highest BCUT2D eigenvalue weighted by molar-refractivity contribution is 5.86. The van der Waals surface area contributed by atoms with Crippen molar-refractivity contribution >= 4 is 11.9 Å². The molecule has 0 saturated carbocycles. The lowest BCUT2D eigenvalue weighted by molar-refractivity contribution is -0.139. The van der Waals surface area contributed by atoms with E-state index < -0.39 is 5.97 Å². The molecule has 0 N–H and O–H groups in total. The molecule has 5 rings (SSSR count). The molecule has 1 unspecified atom stereocenters. The summed E-state index contributed by atoms with van der Waals surface area (Å²) >= 11 is 0. The molecular formula is C38H36O4. The predicted octanol–water partition coefficient (Wildman–Crippen LogP) is 8.61. The van der Waals surface area contributed by atoms with E-state index >= 15 is 0 Å². The maximum atomic E-state index is 11.4. The van der Waals surface area contributed by atoms with Gasteiger partial charge in [0.15, 0.2) is 0 Å². The molecule has 0 spiro atoms. The van der Waals surface area contributed by atoms with Crippen LogP contribution in [0.5, 0.6) is 0 Å². The molecule has 0 radical (unpaired) electrons. The highest BCUT2D eigenvalue weighted by atomic mass is 16.5. The third kappa shape index (κ3) is 5.84. The van der Waals surface area contributed by atoms with E-state index in [-0.39, 0.29) is 18.0 Å². The van der Waals surface area contributed by atoms with Crippen molar-refractivity contribution in [3.05, 3.63) is 132 Å². The molecule has 1 atom stereocenters. The van der Waals surface area contributed by atoms with Gasteiger partial charge in [0.1, 0.15) is 6.61 Å². The summed E-state index contributed by atoms with van der Waals surface area (Å²) in [5.41, 5.74) is 12.1. The van der Waals surface area contributed by atoms with Crippen molar-refractivity contribution in [2.45, 2.75) is 45.1 Å². The zero-order valence-electron chi connectivity index (χ0n) is 24.3. The third-order valence-corrected chi connectivity index (χ3v) is 8.37. The fraction of sp³-hybridized carbons (Fsp3) is 0.211. The van der Waals surface area contributed by atoms with Gasteiger partial charge in [-0.2, -0.15) is 0 Å². The van der Waals surface area contributed by atoms with E-state index in [9.17, 15) is 9.59 Å². The first kappa shape index (κ1) is 28.8. The highest BCUT2D eigenvalue weighted by Gasteiger charge is 2.38. The number of aryl methyl sites for hydroxylation is 1. The average molecular weight is 557 g/mol. The molecule has 0 amide bonds. The molecule has 0 aromatic heterocycles. The Hall–Kier alpha value is -4.70. The lowest BCUT2D eigenvalue weighted by Crippen LogP contribution is -2.19. The SMILES string of the molecule is C=CC(=O)OCCCc1ccc(-c2ccc3c(c2)C(C)(CC)c2cc(-c4ccc(COC(=O)C=C)cc4)ccc2-3)cc1. The highest BCUT2D eigenvalue weighted by Crippen LogP contribution is 2.52. The van der Waals surface area contributed by atoms with E-state index in [1.807, 2.05) is 12.1 Å². The van der Waals surface area contributed by atoms with Crippen molar-refractivity contribution in [2.75, 3.05) is 6.61 Å². The summed E-state index contributed by atoms with van der Waals surface area (Å²) in [6.07, 6.45) is 4.99. The number of ether oxygens (including phenoxy) is 2. The number of benzene rings is 4. The second-order valence-corrected chi connectivity index (χ2v) is 10.9. The van der Waals surface area contributed by atoms with Crippen LogP contribution in [0.25, 0.3) is 33.4 Å². The van der Waals surface area contributed by atoms with Crippen molar-refractivity contribution in [3.8, 4) is 33.4 Å². The Morgan fingerprint density at radius 3 is 1.67 bits per heavy atom. The Morgan fingerprint density at radius 2 is 1.17 bits per heavy atom. The van der Waals surface area contributed by atoms with Crippen LogP contribution in [0, 0.1) is 0 Å². The molecule has 1 aliphatic carbocycles. The van der Waals surface area contributed by atoms with Gasteiger partial charge in [-0.25, -0.2) is 9.59 Å². The van der Waals surface area contributed by atoms with E-state index in [4.69, 9.17) is 9.47 Å². The summed E-state index contributed by atoms with van der Waals surface area (Å²) in [7, 11) is 0. The summed E-state index contributed by atoms with van der Waals surface area (Å²) in [5.74, 6) is -0.796. The second-order valence-electron chi connectivity index (χ2n) is 10.9. The number of hydrogen-bond donors (Lipinski definition) is 0. The van der Waals surface area contributed by atoms with Gasteiger partial charge in [0, 0.05) is 17.6 Å². The molecule has 0 heterocycles. The first-order valence-corrected chi connectivity index (χ1v) is 14.4. The molecule has 4 heteroatoms. The molecule has 0 saturated heterocycles. The Bertz CT molecular complexity index is 1630. The van der Waals surface area contributed by atoms with Crippen LogP contribution >= 0.6 is 0 Å². The second kappa shape index (κ2) is 12.4. The van der Waals surface area contributed by atoms with E-state index in [1.54, 1.807) is 0 Å². The van der Waals surface area contributed by atoms with Crippen LogP contribution in [-0.2, 0) is 37.5 Å². The number of esters is 2. The van der Waals surface area contributed by atoms with Crippen LogP contribution in [0.15, 0.2) is 110 Å². The number of hydrogen-bond acceptors (Lipinski definition) is 4. The lowest BCUT2D eigenvalue weighted by atomic mass is 9.77. The lowest BCUT2D eigenvalue weighted by Gasteiger charge is -2.26. The van der Waals surface area contributed by atoms with Gasteiger partial charge in [-0.15, -0.1) is 0 Å². The number of carbonyl (C=O) groups excluding carboxylic acids is 2. The number of fused-ring (bicyclic) bond motifs is 3. The molecule has 0 fully saturated rings. The molecule has 0 aliphatic heterocycles. The van der Waals surface area contributed by atoms with Crippen molar-refractivity contribution in [1.29, 1.82) is 0 Å². The number of rotatable bonds is 11. The summed E-state index contributed by atoms with van der Waals surface area (Å²) < 4.78 is 10.3. The zero-order valence-corrected chi connectivity index (χ0v) is 24.3. The maximum absolute atomic E-state index is 11.4. The Kier molecular flexibility index (Phi) is 8.53. The first-order valence-electron chi connectivity index (χ1n) is 14.4. The van der Waals surface area contributed by atoms with Crippen molar-refractivity contribution in [3.63, 3.8) is 0 Å². The summed E-state index contributed by atoms with van der Waals surface area (Å²) in [6.45, 7) is 12.1. The minimum absolute atomic E-state index is 0.0989. The molecule has 0 bridgehead atoms. The van der Waals surface area contributed by atoms with Crippen LogP contribution in [0.1, 0.15) is 48.9 Å². The fourth-order valence-corrected chi connectivity index (χ4v) is 5.74. The molecule has 212 valence electrons. The van der Waals surface area contributed by atoms with Crippen LogP contribution in [0.3, 0.4) is 0 Å². The van der Waals surface area contributed by atoms with Crippen LogP contribution in [-0.4, -0.2) is 18.5 Å². The molecule has 4 aromatic rings. The Balaban J connectivity index is 1.35. The Labute approximate surface area is 248 Å². The number of carbonyl (C=O) groups is 2. The molecule has 4 nitrogen and oxygen atoms in total. The van der Waals surface area contributed by atoms with Crippen molar-refractivity contribution in [1.82, 2.24) is 0 Å². The van der Waals surface area contributed by atoms with E-state index in [1.165, 1.54) is 56.7 Å². The van der Waals surface area contributed by atoms with Gasteiger partial charge in [-0.05, 0) is 87.0 Å². The van der Waals surface area contributed by atoms with Crippen molar-refractivity contribution in [2.24, 2.45) is 0 Å². The normalized spacial score (nSPS) is 14.9. The van der Waals surface area contributed by atoms with E-state index in [0.29, 0.717) is 6.61 Å². The molecule has 42 heavy (non-hydrogen) atoms. The fourth-order valence-electron chi connectivity index (χ4n) is 5.74. The average Bonchev–Trinajstić information content (AvgIpc) is 3.29. The predicted molar refractivity (Wildman–Crippen MR) is 169 cm³/mol. The third-order valence-electron chi connectivity index (χ3n) is 8.37. The Morgan fingerprint density at radius 1 is 0.690 bits per heavy atom. The summed E-state index contributed by atoms with van der Waals surface area (Å²) in [5, 5.41) is 0. The summed E-state index contributed by atoms with van der Waals surface area (Å²) in [4.78, 5) is 22.6. The molecule has 4 aromatic carbocycles. The van der Waals surface area contributed by atoms with Gasteiger partial charge in [0.2, 0.25) is 0 Å². The van der Waals surface area contributed by atoms with Gasteiger partial charge >= 0.3 is 11.9 Å². The standard InChI is InChI=1S/C38H36O4/c1-5-36(39)41-22-8-9-26-10-14-28(15-11-26)30-18-20-32-33-21-19-31(24-35(33)38(4,7-3)34(32)23-30)29-16-12-27(13-17-29)25-42-37(40)6-2/h5-6,10-21,23-24H,1-2,7-9,22,25H2,3-4H3. The van der Waals surface area contributed by atoms with Gasteiger partial charge in [0.05, 0.1) is 6.61 Å². The van der Waals surface area contributed by atoms with Crippen LogP contribution in [0.2, 0.25) is 0 Å². The summed E-state index contributed by atoms with van der Waals surface area (Å²) in [6, 6.07) is 30.5. The minimum atomic E-state index is -0.419. The van der Waals surface area contributed by atoms with Gasteiger partial charge in [0.25, 0.3) is 0 Å². The maximum Gasteiger partial charge on any atom is 0.330 e. The monoisotopic (exact) mass is 556 g/mol. The van der Waals surface area contributed by atoms with E-state index in [0.717, 1.165) is 30.4 Å². The van der Waals surface area contributed by atoms with Crippen LogP contribution < -0.4 is 0 Å². The minimum Gasteiger partial charge on any atom is -0.463 e. The first-order chi connectivity index (χ1) is 20.4. The topological polar surface area (TPSA) is 52.6 Å². The molecule has 1 aliphatic rings. The van der Waals surface area contributed by atoms with Gasteiger partial charge in [-0.1, -0.05) is 99.8 Å². The zero-order chi connectivity index (χ0) is 29.7. The van der Waals surface area contributed by atoms with Crippen LogP contribution in [0.4, 0.5) is 0 Å². The largest absolute Gasteiger partial charge is 0.463 e. The van der Waals surface area contributed by atoms with E-state index in [2.05, 4.69) is 99.8 Å². The quantitative estimate of drug-likeness (QED) is 0.105. The van der Waals surface area contributed by atoms with Gasteiger partial charge in [-0.3, -0.25) is 0 Å². The van der Waals surface area contributed by atoms with Crippen molar-refractivity contribution < 1.29 is 19.1 Å².